The molecule has 0 N–H and O–H groups in total. The van der Waals surface area contributed by atoms with E-state index in [0.29, 0.717) is 0 Å². The molecule has 0 aliphatic heterocycles. The van der Waals surface area contributed by atoms with Gasteiger partial charge in [-0.05, 0) is 41.5 Å². The molecule has 0 bridgehead atoms. The van der Waals surface area contributed by atoms with Crippen molar-refractivity contribution in [2.45, 2.75) is 51.0 Å². The Kier molecular flexibility index (Phi) is 4.17. The molecule has 1 unspecified atom stereocenters. The fourth-order valence-corrected chi connectivity index (χ4v) is 1.75. The van der Waals surface area contributed by atoms with Crippen LogP contribution in [0.25, 0.3) is 0 Å². The summed E-state index contributed by atoms with van der Waals surface area (Å²) in [5.74, 6) is 0. The molecule has 0 fully saturated rings. The number of hydrogen-bond donors (Lipinski definition) is 0. The molecule has 0 saturated heterocycles. The highest BCUT2D eigenvalue weighted by molar-refractivity contribution is 7.98. The van der Waals surface area contributed by atoms with Gasteiger partial charge in [-0.15, -0.1) is 0 Å². The molecule has 0 aromatic rings. The smallest absolute Gasteiger partial charge is 0.222 e. The van der Waals surface area contributed by atoms with Crippen molar-refractivity contribution in [3.63, 3.8) is 0 Å². The van der Waals surface area contributed by atoms with Crippen LogP contribution in [0.15, 0.2) is 0 Å². The molecule has 0 aromatic heterocycles. The van der Waals surface area contributed by atoms with Crippen LogP contribution in [-0.4, -0.2) is 22.1 Å². The average molecular weight is 250 g/mol. The zero-order valence-corrected chi connectivity index (χ0v) is 11.7. The van der Waals surface area contributed by atoms with Gasteiger partial charge in [-0.2, -0.15) is 0 Å². The van der Waals surface area contributed by atoms with E-state index in [1.54, 1.807) is 41.5 Å². The zero-order chi connectivity index (χ0) is 12.5. The highest BCUT2D eigenvalue weighted by atomic mass is 32.2. The SMILES string of the molecule is CC(C)(C)S(=O)C#CS(=O)(=O)C(C)(C)C. The van der Waals surface area contributed by atoms with Crippen molar-refractivity contribution in [1.82, 2.24) is 0 Å². The lowest BCUT2D eigenvalue weighted by Gasteiger charge is -2.14. The summed E-state index contributed by atoms with van der Waals surface area (Å²) in [6, 6.07) is 0. The Hall–Kier alpha value is -0.340. The lowest BCUT2D eigenvalue weighted by molar-refractivity contribution is 0.571. The van der Waals surface area contributed by atoms with E-state index in [0.717, 1.165) is 0 Å². The van der Waals surface area contributed by atoms with Crippen molar-refractivity contribution in [3.05, 3.63) is 0 Å². The van der Waals surface area contributed by atoms with Crippen molar-refractivity contribution < 1.29 is 12.6 Å². The van der Waals surface area contributed by atoms with E-state index in [4.69, 9.17) is 0 Å². The lowest BCUT2D eigenvalue weighted by Crippen LogP contribution is -2.26. The van der Waals surface area contributed by atoms with E-state index in [1.165, 1.54) is 0 Å². The van der Waals surface area contributed by atoms with Gasteiger partial charge in [0.25, 0.3) is 0 Å². The summed E-state index contributed by atoms with van der Waals surface area (Å²) in [6.45, 7) is 9.95. The largest absolute Gasteiger partial charge is 0.245 e. The zero-order valence-electron chi connectivity index (χ0n) is 10.0. The second kappa shape index (κ2) is 4.26. The first kappa shape index (κ1) is 14.7. The van der Waals surface area contributed by atoms with Gasteiger partial charge in [0.1, 0.15) is 10.8 Å². The molecular formula is C10H18O3S2. The fraction of sp³-hybridized carbons (Fsp3) is 0.800. The average Bonchev–Trinajstić information content (AvgIpc) is 1.96. The van der Waals surface area contributed by atoms with Crippen LogP contribution >= 0.6 is 0 Å². The van der Waals surface area contributed by atoms with E-state index in [1.807, 2.05) is 0 Å². The maximum absolute atomic E-state index is 11.6. The Morgan fingerprint density at radius 2 is 1.40 bits per heavy atom. The first-order chi connectivity index (χ1) is 6.38. The molecule has 0 spiro atoms. The van der Waals surface area contributed by atoms with Gasteiger partial charge in [-0.1, -0.05) is 0 Å². The molecule has 0 heterocycles. The van der Waals surface area contributed by atoms with Crippen LogP contribution in [0, 0.1) is 10.5 Å². The number of sulfone groups is 1. The highest BCUT2D eigenvalue weighted by Gasteiger charge is 2.27. The molecule has 88 valence electrons. The summed E-state index contributed by atoms with van der Waals surface area (Å²) in [4.78, 5) is 0. The number of hydrogen-bond acceptors (Lipinski definition) is 3. The second-order valence-corrected chi connectivity index (χ2v) is 9.60. The predicted molar refractivity (Wildman–Crippen MR) is 64.3 cm³/mol. The van der Waals surface area contributed by atoms with Gasteiger partial charge < -0.3 is 0 Å². The van der Waals surface area contributed by atoms with Crippen LogP contribution in [0.2, 0.25) is 0 Å². The maximum Gasteiger partial charge on any atom is 0.222 e. The first-order valence-electron chi connectivity index (χ1n) is 4.57. The van der Waals surface area contributed by atoms with Crippen molar-refractivity contribution in [3.8, 4) is 10.5 Å². The second-order valence-electron chi connectivity index (χ2n) is 5.20. The van der Waals surface area contributed by atoms with E-state index in [2.05, 4.69) is 10.5 Å². The van der Waals surface area contributed by atoms with Crippen LogP contribution in [-0.2, 0) is 20.6 Å². The monoisotopic (exact) mass is 250 g/mol. The van der Waals surface area contributed by atoms with Crippen LogP contribution in [0.4, 0.5) is 0 Å². The molecular weight excluding hydrogens is 232 g/mol. The van der Waals surface area contributed by atoms with Gasteiger partial charge in [0.2, 0.25) is 9.84 Å². The predicted octanol–water partition coefficient (Wildman–Crippen LogP) is 1.67. The molecule has 0 radical (unpaired) electrons. The standard InChI is InChI=1S/C10H18O3S2/c1-9(2,3)14(11)7-8-15(12,13)10(4,5)6/h1-6H3. The third-order valence-corrected chi connectivity index (χ3v) is 5.14. The van der Waals surface area contributed by atoms with Gasteiger partial charge in [-0.25, -0.2) is 12.6 Å². The van der Waals surface area contributed by atoms with E-state index in [-0.39, 0.29) is 0 Å². The van der Waals surface area contributed by atoms with E-state index >= 15 is 0 Å². The minimum absolute atomic E-state index is 0.513. The molecule has 3 nitrogen and oxygen atoms in total. The normalized spacial score (nSPS) is 15.3. The molecule has 0 aromatic carbocycles. The van der Waals surface area contributed by atoms with Gasteiger partial charge in [0.15, 0.2) is 0 Å². The Labute approximate surface area is 95.0 Å². The van der Waals surface area contributed by atoms with Crippen LogP contribution in [0.5, 0.6) is 0 Å². The Bertz CT molecular complexity index is 408. The van der Waals surface area contributed by atoms with Crippen molar-refractivity contribution >= 4 is 20.6 Å². The van der Waals surface area contributed by atoms with Gasteiger partial charge >= 0.3 is 0 Å². The highest BCUT2D eigenvalue weighted by Crippen LogP contribution is 2.15. The summed E-state index contributed by atoms with van der Waals surface area (Å²) in [5.41, 5.74) is 0. The molecule has 0 amide bonds. The van der Waals surface area contributed by atoms with Gasteiger partial charge in [0.05, 0.1) is 4.75 Å². The van der Waals surface area contributed by atoms with Crippen LogP contribution in [0.1, 0.15) is 41.5 Å². The fourth-order valence-electron chi connectivity index (χ4n) is 0.399. The molecule has 5 heteroatoms. The Morgan fingerprint density at radius 1 is 1.00 bits per heavy atom. The summed E-state index contributed by atoms with van der Waals surface area (Å²) in [5, 5.41) is 4.43. The molecule has 15 heavy (non-hydrogen) atoms. The Morgan fingerprint density at radius 3 is 1.67 bits per heavy atom. The number of rotatable bonds is 0. The summed E-state index contributed by atoms with van der Waals surface area (Å²) >= 11 is 0. The summed E-state index contributed by atoms with van der Waals surface area (Å²) < 4.78 is 33.2. The van der Waals surface area contributed by atoms with Crippen molar-refractivity contribution in [2.24, 2.45) is 0 Å². The molecule has 0 saturated carbocycles. The third-order valence-electron chi connectivity index (χ3n) is 1.63. The molecule has 0 aliphatic rings. The Balaban J connectivity index is 5.10. The van der Waals surface area contributed by atoms with E-state index < -0.39 is 30.1 Å². The minimum atomic E-state index is -3.51. The van der Waals surface area contributed by atoms with Gasteiger partial charge in [0, 0.05) is 15.3 Å². The van der Waals surface area contributed by atoms with Crippen LogP contribution < -0.4 is 0 Å². The molecule has 0 aliphatic carbocycles. The van der Waals surface area contributed by atoms with E-state index in [9.17, 15) is 12.6 Å². The molecule has 0 rings (SSSR count). The third kappa shape index (κ3) is 4.35. The topological polar surface area (TPSA) is 51.2 Å². The minimum Gasteiger partial charge on any atom is -0.245 e. The molecule has 1 atom stereocenters. The van der Waals surface area contributed by atoms with Crippen molar-refractivity contribution in [1.29, 1.82) is 0 Å². The quantitative estimate of drug-likeness (QED) is 0.614. The van der Waals surface area contributed by atoms with Crippen molar-refractivity contribution in [2.75, 3.05) is 0 Å². The maximum atomic E-state index is 11.6. The summed E-state index contributed by atoms with van der Waals surface area (Å²) in [6.07, 6.45) is 0. The first-order valence-corrected chi connectivity index (χ1v) is 7.20. The van der Waals surface area contributed by atoms with Gasteiger partial charge in [-0.3, -0.25) is 0 Å². The van der Waals surface area contributed by atoms with Crippen LogP contribution in [0.3, 0.4) is 0 Å². The summed E-state index contributed by atoms with van der Waals surface area (Å²) in [7, 11) is -4.97. The lowest BCUT2D eigenvalue weighted by atomic mass is 10.3.